The summed E-state index contributed by atoms with van der Waals surface area (Å²) in [5.74, 6) is 0.652. The fourth-order valence-corrected chi connectivity index (χ4v) is 2.40. The molecule has 3 aromatic rings. The number of hydrogen-bond acceptors (Lipinski definition) is 6. The molecule has 8 nitrogen and oxygen atoms in total. The number of nitrogens with zero attached hydrogens (tertiary/aromatic N) is 5. The van der Waals surface area contributed by atoms with Gasteiger partial charge in [0.15, 0.2) is 0 Å². The van der Waals surface area contributed by atoms with Crippen molar-refractivity contribution in [3.8, 4) is 5.82 Å². The van der Waals surface area contributed by atoms with Crippen LogP contribution in [0.4, 0.5) is 16.0 Å². The normalized spacial score (nSPS) is 10.7. The molecule has 0 amide bonds. The summed E-state index contributed by atoms with van der Waals surface area (Å²) < 4.78 is 14.5. The van der Waals surface area contributed by atoms with E-state index >= 15 is 0 Å². The lowest BCUT2D eigenvalue weighted by molar-refractivity contribution is -0.385. The highest BCUT2D eigenvalue weighted by atomic mass is 19.1. The van der Waals surface area contributed by atoms with Gasteiger partial charge < -0.3 is 5.32 Å². The van der Waals surface area contributed by atoms with Crippen LogP contribution in [0, 0.1) is 29.8 Å². The number of benzene rings is 1. The molecule has 0 spiro atoms. The highest BCUT2D eigenvalue weighted by Crippen LogP contribution is 2.26. The number of rotatable bonds is 5. The maximum Gasteiger partial charge on any atom is 0.333 e. The van der Waals surface area contributed by atoms with Crippen LogP contribution in [0.25, 0.3) is 5.82 Å². The van der Waals surface area contributed by atoms with Crippen LogP contribution < -0.4 is 5.32 Å². The lowest BCUT2D eigenvalue weighted by Gasteiger charge is -2.10. The van der Waals surface area contributed by atoms with E-state index in [1.165, 1.54) is 16.7 Å². The van der Waals surface area contributed by atoms with Gasteiger partial charge in [0.2, 0.25) is 11.8 Å². The van der Waals surface area contributed by atoms with Crippen LogP contribution in [-0.2, 0) is 6.54 Å². The number of hydrogen-bond donors (Lipinski definition) is 1. The summed E-state index contributed by atoms with van der Waals surface area (Å²) in [5, 5.41) is 14.4. The van der Waals surface area contributed by atoms with E-state index < -0.39 is 4.92 Å². The largest absolute Gasteiger partial charge is 0.350 e. The summed E-state index contributed by atoms with van der Waals surface area (Å²) in [6, 6.07) is 6.00. The van der Waals surface area contributed by atoms with Gasteiger partial charge in [0, 0.05) is 18.9 Å². The third kappa shape index (κ3) is 3.44. The number of aryl methyl sites for hydroxylation is 2. The molecule has 0 bridgehead atoms. The van der Waals surface area contributed by atoms with Crippen molar-refractivity contribution in [2.45, 2.75) is 20.4 Å². The summed E-state index contributed by atoms with van der Waals surface area (Å²) in [7, 11) is 0. The standard InChI is InChI=1S/C16H15FN6O2/c1-10-14(23(24)25)15(22-8-7-18-11(22)2)21-16(20-10)19-9-12-3-5-13(17)6-4-12/h3-8H,9H2,1-2H3,(H,19,20,21). The molecule has 1 N–H and O–H groups in total. The molecule has 0 unspecified atom stereocenters. The lowest BCUT2D eigenvalue weighted by atomic mass is 10.2. The summed E-state index contributed by atoms with van der Waals surface area (Å²) in [4.78, 5) is 23.4. The number of aromatic nitrogens is 4. The van der Waals surface area contributed by atoms with E-state index in [-0.39, 0.29) is 29.0 Å². The van der Waals surface area contributed by atoms with E-state index in [4.69, 9.17) is 0 Å². The number of imidazole rings is 1. The fraction of sp³-hybridized carbons (Fsp3) is 0.188. The third-order valence-electron chi connectivity index (χ3n) is 3.64. The second-order valence-corrected chi connectivity index (χ2v) is 5.39. The maximum atomic E-state index is 13.0. The van der Waals surface area contributed by atoms with Gasteiger partial charge in [0.05, 0.1) is 4.92 Å². The molecule has 9 heteroatoms. The van der Waals surface area contributed by atoms with Crippen molar-refractivity contribution in [1.29, 1.82) is 0 Å². The van der Waals surface area contributed by atoms with Gasteiger partial charge in [-0.15, -0.1) is 0 Å². The van der Waals surface area contributed by atoms with Gasteiger partial charge >= 0.3 is 5.69 Å². The first-order chi connectivity index (χ1) is 12.0. The van der Waals surface area contributed by atoms with Crippen molar-refractivity contribution in [3.63, 3.8) is 0 Å². The molecular weight excluding hydrogens is 327 g/mol. The van der Waals surface area contributed by atoms with Crippen LogP contribution in [0.15, 0.2) is 36.7 Å². The van der Waals surface area contributed by atoms with Crippen molar-refractivity contribution < 1.29 is 9.31 Å². The van der Waals surface area contributed by atoms with Crippen molar-refractivity contribution >= 4 is 11.6 Å². The van der Waals surface area contributed by atoms with Gasteiger partial charge in [-0.2, -0.15) is 4.98 Å². The number of nitro groups is 1. The number of nitrogens with one attached hydrogen (secondary N) is 1. The van der Waals surface area contributed by atoms with Gasteiger partial charge in [-0.25, -0.2) is 14.4 Å². The van der Waals surface area contributed by atoms with E-state index in [1.807, 2.05) is 0 Å². The minimum atomic E-state index is -0.506. The highest BCUT2D eigenvalue weighted by molar-refractivity contribution is 5.54. The molecule has 0 aliphatic rings. The molecule has 0 aliphatic carbocycles. The summed E-state index contributed by atoms with van der Waals surface area (Å²) in [6.07, 6.45) is 3.15. The zero-order chi connectivity index (χ0) is 18.0. The monoisotopic (exact) mass is 342 g/mol. The molecule has 25 heavy (non-hydrogen) atoms. The smallest absolute Gasteiger partial charge is 0.333 e. The topological polar surface area (TPSA) is 98.8 Å². The minimum absolute atomic E-state index is 0.147. The van der Waals surface area contributed by atoms with Gasteiger partial charge in [0.1, 0.15) is 17.3 Å². The molecule has 0 atom stereocenters. The van der Waals surface area contributed by atoms with E-state index in [2.05, 4.69) is 20.3 Å². The average Bonchev–Trinajstić information content (AvgIpc) is 2.99. The number of anilines is 1. The molecule has 0 saturated carbocycles. The Morgan fingerprint density at radius 1 is 1.24 bits per heavy atom. The molecule has 1 aromatic carbocycles. The first kappa shape index (κ1) is 16.5. The molecule has 0 saturated heterocycles. The first-order valence-electron chi connectivity index (χ1n) is 7.47. The molecule has 2 aromatic heterocycles. The molecule has 2 heterocycles. The van der Waals surface area contributed by atoms with Gasteiger partial charge in [-0.3, -0.25) is 14.7 Å². The SMILES string of the molecule is Cc1nc(NCc2ccc(F)cc2)nc(-n2ccnc2C)c1[N+](=O)[O-]. The third-order valence-corrected chi connectivity index (χ3v) is 3.64. The Kier molecular flexibility index (Phi) is 4.38. The number of halogens is 1. The van der Waals surface area contributed by atoms with E-state index in [1.54, 1.807) is 38.4 Å². The quantitative estimate of drug-likeness (QED) is 0.565. The minimum Gasteiger partial charge on any atom is -0.350 e. The Morgan fingerprint density at radius 2 is 1.96 bits per heavy atom. The van der Waals surface area contributed by atoms with E-state index in [0.717, 1.165) is 5.56 Å². The summed E-state index contributed by atoms with van der Waals surface area (Å²) in [6.45, 7) is 3.64. The van der Waals surface area contributed by atoms with Crippen LogP contribution in [0.2, 0.25) is 0 Å². The summed E-state index contributed by atoms with van der Waals surface area (Å²) in [5.41, 5.74) is 0.902. The van der Waals surface area contributed by atoms with Crippen LogP contribution >= 0.6 is 0 Å². The average molecular weight is 342 g/mol. The predicted octanol–water partition coefficient (Wildman–Crippen LogP) is 2.94. The van der Waals surface area contributed by atoms with E-state index in [9.17, 15) is 14.5 Å². The van der Waals surface area contributed by atoms with Gasteiger partial charge in [-0.1, -0.05) is 12.1 Å². The van der Waals surface area contributed by atoms with Crippen LogP contribution in [0.1, 0.15) is 17.1 Å². The Labute approximate surface area is 142 Å². The summed E-state index contributed by atoms with van der Waals surface area (Å²) >= 11 is 0. The Bertz CT molecular complexity index is 923. The zero-order valence-corrected chi connectivity index (χ0v) is 13.6. The second-order valence-electron chi connectivity index (χ2n) is 5.39. The molecule has 3 rings (SSSR count). The second kappa shape index (κ2) is 6.63. The zero-order valence-electron chi connectivity index (χ0n) is 13.6. The van der Waals surface area contributed by atoms with Crippen molar-refractivity contribution in [2.24, 2.45) is 0 Å². The lowest BCUT2D eigenvalue weighted by Crippen LogP contribution is -2.11. The molecular formula is C16H15FN6O2. The fourth-order valence-electron chi connectivity index (χ4n) is 2.40. The maximum absolute atomic E-state index is 13.0. The van der Waals surface area contributed by atoms with Crippen molar-refractivity contribution in [1.82, 2.24) is 19.5 Å². The molecule has 128 valence electrons. The van der Waals surface area contributed by atoms with E-state index in [0.29, 0.717) is 12.4 Å². The predicted molar refractivity (Wildman–Crippen MR) is 89.0 cm³/mol. The van der Waals surface area contributed by atoms with Crippen LogP contribution in [0.3, 0.4) is 0 Å². The Balaban J connectivity index is 1.95. The molecule has 0 aliphatic heterocycles. The van der Waals surface area contributed by atoms with Gasteiger partial charge in [0.25, 0.3) is 0 Å². The Hall–Kier alpha value is -3.36. The van der Waals surface area contributed by atoms with Gasteiger partial charge in [-0.05, 0) is 31.5 Å². The van der Waals surface area contributed by atoms with Crippen molar-refractivity contribution in [2.75, 3.05) is 5.32 Å². The molecule has 0 fully saturated rings. The molecule has 0 radical (unpaired) electrons. The first-order valence-corrected chi connectivity index (χ1v) is 7.47. The highest BCUT2D eigenvalue weighted by Gasteiger charge is 2.24. The van der Waals surface area contributed by atoms with Crippen LogP contribution in [-0.4, -0.2) is 24.4 Å². The van der Waals surface area contributed by atoms with Crippen LogP contribution in [0.5, 0.6) is 0 Å². The van der Waals surface area contributed by atoms with Crippen molar-refractivity contribution in [3.05, 3.63) is 69.7 Å². The Morgan fingerprint density at radius 3 is 2.56 bits per heavy atom.